The summed E-state index contributed by atoms with van der Waals surface area (Å²) in [7, 11) is 1.49. The summed E-state index contributed by atoms with van der Waals surface area (Å²) in [6, 6.07) is 5.78. The quantitative estimate of drug-likeness (QED) is 0.810. The molecule has 21 heavy (non-hydrogen) atoms. The van der Waals surface area contributed by atoms with Crippen molar-refractivity contribution < 1.29 is 14.2 Å². The molecule has 0 radical (unpaired) electrons. The highest BCUT2D eigenvalue weighted by atomic mass is 35.5. The third-order valence-corrected chi connectivity index (χ3v) is 3.46. The largest absolute Gasteiger partial charge is 0.489 e. The van der Waals surface area contributed by atoms with Crippen LogP contribution in [0.3, 0.4) is 0 Å². The number of benzene rings is 1. The fourth-order valence-electron chi connectivity index (χ4n) is 2.35. The maximum Gasteiger partial charge on any atom is 0.267 e. The Morgan fingerprint density at radius 2 is 2.10 bits per heavy atom. The molecule has 1 aromatic carbocycles. The predicted molar refractivity (Wildman–Crippen MR) is 78.5 cm³/mol. The third-order valence-electron chi connectivity index (χ3n) is 3.19. The second-order valence-corrected chi connectivity index (χ2v) is 5.75. The molecule has 3 rings (SSSR count). The van der Waals surface area contributed by atoms with E-state index in [0.29, 0.717) is 11.5 Å². The monoisotopic (exact) mass is 306 g/mol. The van der Waals surface area contributed by atoms with Crippen molar-refractivity contribution in [2.24, 2.45) is 0 Å². The molecule has 5 nitrogen and oxygen atoms in total. The van der Waals surface area contributed by atoms with Gasteiger partial charge in [-0.25, -0.2) is 4.98 Å². The predicted octanol–water partition coefficient (Wildman–Crippen LogP) is 3.64. The average molecular weight is 307 g/mol. The number of ether oxygens (including phenoxy) is 3. The number of rotatable bonds is 3. The Kier molecular flexibility index (Phi) is 3.37. The lowest BCUT2D eigenvalue weighted by Gasteiger charge is -2.18. The molecule has 0 saturated heterocycles. The van der Waals surface area contributed by atoms with Crippen molar-refractivity contribution in [2.45, 2.75) is 25.9 Å². The molecule has 110 valence electrons. The summed E-state index contributed by atoms with van der Waals surface area (Å²) >= 11 is 5.97. The van der Waals surface area contributed by atoms with Crippen LogP contribution in [0.15, 0.2) is 24.5 Å². The van der Waals surface area contributed by atoms with Gasteiger partial charge in [-0.3, -0.25) is 0 Å². The van der Waals surface area contributed by atoms with E-state index >= 15 is 0 Å². The first-order valence-corrected chi connectivity index (χ1v) is 6.91. The molecule has 0 aliphatic carbocycles. The van der Waals surface area contributed by atoms with Gasteiger partial charge in [0.15, 0.2) is 16.7 Å². The Balaban J connectivity index is 1.98. The highest BCUT2D eigenvalue weighted by Gasteiger charge is 2.32. The first kappa shape index (κ1) is 13.9. The number of aromatic nitrogens is 2. The zero-order chi connectivity index (χ0) is 15.0. The lowest BCUT2D eigenvalue weighted by molar-refractivity contribution is 0.134. The molecule has 0 bridgehead atoms. The van der Waals surface area contributed by atoms with Crippen molar-refractivity contribution in [3.05, 3.63) is 35.2 Å². The van der Waals surface area contributed by atoms with Crippen LogP contribution in [0.5, 0.6) is 23.1 Å². The van der Waals surface area contributed by atoms with E-state index in [1.54, 1.807) is 0 Å². The maximum absolute atomic E-state index is 5.97. The number of hydrogen-bond donors (Lipinski definition) is 0. The molecule has 6 heteroatoms. The number of halogens is 1. The van der Waals surface area contributed by atoms with Crippen LogP contribution in [0, 0.1) is 0 Å². The molecular weight excluding hydrogens is 292 g/mol. The minimum absolute atomic E-state index is 0.205. The van der Waals surface area contributed by atoms with E-state index < -0.39 is 0 Å². The average Bonchev–Trinajstić information content (AvgIpc) is 2.74. The maximum atomic E-state index is 5.97. The van der Waals surface area contributed by atoms with Crippen molar-refractivity contribution in [1.82, 2.24) is 9.97 Å². The van der Waals surface area contributed by atoms with Gasteiger partial charge in [-0.2, -0.15) is 4.98 Å². The number of para-hydroxylation sites is 1. The fraction of sp³-hybridized carbons (Fsp3) is 0.333. The summed E-state index contributed by atoms with van der Waals surface area (Å²) < 4.78 is 17.0. The molecule has 0 fully saturated rings. The van der Waals surface area contributed by atoms with Crippen molar-refractivity contribution >= 4 is 11.6 Å². The van der Waals surface area contributed by atoms with Gasteiger partial charge in [-0.15, -0.1) is 0 Å². The van der Waals surface area contributed by atoms with Crippen molar-refractivity contribution in [3.8, 4) is 23.1 Å². The summed E-state index contributed by atoms with van der Waals surface area (Å²) in [5.41, 5.74) is 0.867. The fourth-order valence-corrected chi connectivity index (χ4v) is 2.56. The van der Waals surface area contributed by atoms with Crippen molar-refractivity contribution in [2.75, 3.05) is 7.11 Å². The molecule has 0 saturated carbocycles. The molecule has 0 spiro atoms. The summed E-state index contributed by atoms with van der Waals surface area (Å²) in [6.45, 7) is 4.08. The summed E-state index contributed by atoms with van der Waals surface area (Å²) in [6.07, 6.45) is 2.16. The van der Waals surface area contributed by atoms with Crippen molar-refractivity contribution in [1.29, 1.82) is 0 Å². The molecule has 1 aromatic heterocycles. The standard InChI is InChI=1S/C15H15ClN2O3/c1-15(2)7-9-5-4-6-10(11(9)21-15)20-14-12(19-3)13(16)17-8-18-14/h4-6,8H,7H2,1-3H3. The molecule has 2 aromatic rings. The zero-order valence-corrected chi connectivity index (χ0v) is 12.8. The van der Waals surface area contributed by atoms with Crippen molar-refractivity contribution in [3.63, 3.8) is 0 Å². The first-order chi connectivity index (χ1) is 10.00. The van der Waals surface area contributed by atoms with Crippen LogP contribution < -0.4 is 14.2 Å². The van der Waals surface area contributed by atoms with Gasteiger partial charge in [0, 0.05) is 12.0 Å². The highest BCUT2D eigenvalue weighted by molar-refractivity contribution is 6.31. The third kappa shape index (κ3) is 2.61. The van der Waals surface area contributed by atoms with E-state index in [0.717, 1.165) is 17.7 Å². The number of nitrogens with zero attached hydrogens (tertiary/aromatic N) is 2. The summed E-state index contributed by atoms with van der Waals surface area (Å²) in [5, 5.41) is 0.205. The van der Waals surface area contributed by atoms with Gasteiger partial charge in [-0.05, 0) is 19.9 Å². The minimum Gasteiger partial charge on any atom is -0.489 e. The molecule has 0 amide bonds. The SMILES string of the molecule is COc1c(Cl)ncnc1Oc1cccc2c1OC(C)(C)C2. The Hall–Kier alpha value is -2.01. The Bertz CT molecular complexity index is 689. The van der Waals surface area contributed by atoms with Crippen LogP contribution in [-0.2, 0) is 6.42 Å². The van der Waals surface area contributed by atoms with Crippen LogP contribution in [-0.4, -0.2) is 22.7 Å². The molecule has 0 atom stereocenters. The van der Waals surface area contributed by atoms with Gasteiger partial charge in [0.25, 0.3) is 5.88 Å². The summed E-state index contributed by atoms with van der Waals surface area (Å²) in [5.74, 6) is 1.89. The van der Waals surface area contributed by atoms with Gasteiger partial charge in [-0.1, -0.05) is 23.7 Å². The Morgan fingerprint density at radius 3 is 2.86 bits per heavy atom. The summed E-state index contributed by atoms with van der Waals surface area (Å²) in [4.78, 5) is 7.94. The molecule has 0 unspecified atom stereocenters. The second kappa shape index (κ2) is 5.07. The number of hydrogen-bond acceptors (Lipinski definition) is 5. The van der Waals surface area contributed by atoms with Crippen LogP contribution in [0.25, 0.3) is 0 Å². The van der Waals surface area contributed by atoms with Gasteiger partial charge in [0.1, 0.15) is 11.9 Å². The van der Waals surface area contributed by atoms with E-state index in [1.165, 1.54) is 13.4 Å². The lowest BCUT2D eigenvalue weighted by Crippen LogP contribution is -2.24. The van der Waals surface area contributed by atoms with Crippen LogP contribution in [0.2, 0.25) is 5.15 Å². The van der Waals surface area contributed by atoms with Gasteiger partial charge in [0.2, 0.25) is 5.75 Å². The van der Waals surface area contributed by atoms with E-state index in [2.05, 4.69) is 9.97 Å². The van der Waals surface area contributed by atoms with E-state index in [1.807, 2.05) is 32.0 Å². The molecule has 0 N–H and O–H groups in total. The first-order valence-electron chi connectivity index (χ1n) is 6.53. The molecule has 2 heterocycles. The topological polar surface area (TPSA) is 53.5 Å². The lowest BCUT2D eigenvalue weighted by atomic mass is 10.0. The number of fused-ring (bicyclic) bond motifs is 1. The Labute approximate surface area is 127 Å². The van der Waals surface area contributed by atoms with E-state index in [4.69, 9.17) is 25.8 Å². The normalized spacial score (nSPS) is 15.2. The van der Waals surface area contributed by atoms with Crippen LogP contribution >= 0.6 is 11.6 Å². The van der Waals surface area contributed by atoms with Crippen LogP contribution in [0.4, 0.5) is 0 Å². The zero-order valence-electron chi connectivity index (χ0n) is 12.0. The van der Waals surface area contributed by atoms with E-state index in [-0.39, 0.29) is 16.6 Å². The minimum atomic E-state index is -0.241. The van der Waals surface area contributed by atoms with Gasteiger partial charge < -0.3 is 14.2 Å². The number of methoxy groups -OCH3 is 1. The molecule has 1 aliphatic heterocycles. The molecule has 1 aliphatic rings. The van der Waals surface area contributed by atoms with Gasteiger partial charge in [0.05, 0.1) is 7.11 Å². The second-order valence-electron chi connectivity index (χ2n) is 5.39. The van der Waals surface area contributed by atoms with E-state index in [9.17, 15) is 0 Å². The molecular formula is C15H15ClN2O3. The highest BCUT2D eigenvalue weighted by Crippen LogP contribution is 2.44. The van der Waals surface area contributed by atoms with Crippen LogP contribution in [0.1, 0.15) is 19.4 Å². The smallest absolute Gasteiger partial charge is 0.267 e. The Morgan fingerprint density at radius 1 is 1.29 bits per heavy atom. The van der Waals surface area contributed by atoms with Gasteiger partial charge >= 0.3 is 0 Å².